The summed E-state index contributed by atoms with van der Waals surface area (Å²) < 4.78 is 9.18. The first-order chi connectivity index (χ1) is 12.1. The Bertz CT molecular complexity index is 803. The minimum absolute atomic E-state index is 0.361. The third kappa shape index (κ3) is 3.74. The van der Waals surface area contributed by atoms with Gasteiger partial charge in [0.2, 0.25) is 5.88 Å². The van der Waals surface area contributed by atoms with E-state index in [0.29, 0.717) is 5.92 Å². The van der Waals surface area contributed by atoms with Gasteiger partial charge in [-0.15, -0.1) is 0 Å². The number of aromatic nitrogens is 4. The highest BCUT2D eigenvalue weighted by Crippen LogP contribution is 2.26. The van der Waals surface area contributed by atoms with Gasteiger partial charge in [-0.3, -0.25) is 0 Å². The maximum Gasteiger partial charge on any atom is 0.216 e. The molecule has 0 atom stereocenters. The Kier molecular flexibility index (Phi) is 5.19. The van der Waals surface area contributed by atoms with Crippen LogP contribution in [0.2, 0.25) is 0 Å². The normalized spacial score (nSPS) is 11.2. The second-order valence-electron chi connectivity index (χ2n) is 6.37. The summed E-state index contributed by atoms with van der Waals surface area (Å²) in [4.78, 5) is 0. The van der Waals surface area contributed by atoms with E-state index in [9.17, 15) is 0 Å². The molecule has 2 aromatic heterocycles. The molecule has 0 aliphatic heterocycles. The molecular weight excluding hydrogens is 314 g/mol. The number of rotatable bonds is 7. The van der Waals surface area contributed by atoms with E-state index in [-0.39, 0.29) is 0 Å². The first-order valence-electron chi connectivity index (χ1n) is 8.49. The molecule has 0 aliphatic rings. The van der Waals surface area contributed by atoms with Crippen molar-refractivity contribution in [2.75, 3.05) is 7.11 Å². The van der Waals surface area contributed by atoms with Gasteiger partial charge < -0.3 is 10.1 Å². The topological polar surface area (TPSA) is 56.9 Å². The fourth-order valence-corrected chi connectivity index (χ4v) is 2.98. The van der Waals surface area contributed by atoms with Gasteiger partial charge in [0.25, 0.3) is 0 Å². The van der Waals surface area contributed by atoms with Gasteiger partial charge in [-0.2, -0.15) is 10.2 Å². The standard InChI is InChI=1S/C19H25N5O/c1-14(2)18-17(19(25-4)23(3)22-18)13-20-12-15-6-8-16(9-7-15)24-11-5-10-21-24/h5-11,14,20H,12-13H2,1-4H3. The highest BCUT2D eigenvalue weighted by molar-refractivity contribution is 5.35. The number of hydrogen-bond acceptors (Lipinski definition) is 4. The number of nitrogens with one attached hydrogen (secondary N) is 1. The molecule has 6 heteroatoms. The molecule has 6 nitrogen and oxygen atoms in total. The molecular formula is C19H25N5O. The molecule has 25 heavy (non-hydrogen) atoms. The van der Waals surface area contributed by atoms with Crippen molar-refractivity contribution in [1.29, 1.82) is 0 Å². The molecule has 1 aromatic carbocycles. The molecule has 0 saturated heterocycles. The van der Waals surface area contributed by atoms with Gasteiger partial charge in [-0.05, 0) is 29.7 Å². The first-order valence-corrected chi connectivity index (χ1v) is 8.49. The van der Waals surface area contributed by atoms with E-state index in [1.54, 1.807) is 13.3 Å². The number of nitrogens with zero attached hydrogens (tertiary/aromatic N) is 4. The van der Waals surface area contributed by atoms with E-state index in [4.69, 9.17) is 4.74 Å². The van der Waals surface area contributed by atoms with Gasteiger partial charge in [0.15, 0.2) is 0 Å². The summed E-state index contributed by atoms with van der Waals surface area (Å²) in [6.07, 6.45) is 3.72. The van der Waals surface area contributed by atoms with Gasteiger partial charge in [0, 0.05) is 32.5 Å². The lowest BCUT2D eigenvalue weighted by Crippen LogP contribution is -2.14. The molecule has 132 valence electrons. The van der Waals surface area contributed by atoms with Crippen molar-refractivity contribution < 1.29 is 4.74 Å². The van der Waals surface area contributed by atoms with Crippen molar-refractivity contribution >= 4 is 0 Å². The summed E-state index contributed by atoms with van der Waals surface area (Å²) in [7, 11) is 3.61. The van der Waals surface area contributed by atoms with Crippen molar-refractivity contribution in [2.24, 2.45) is 7.05 Å². The Hall–Kier alpha value is -2.60. The van der Waals surface area contributed by atoms with E-state index >= 15 is 0 Å². The third-order valence-corrected chi connectivity index (χ3v) is 4.20. The lowest BCUT2D eigenvalue weighted by molar-refractivity contribution is 0.368. The molecule has 0 spiro atoms. The summed E-state index contributed by atoms with van der Waals surface area (Å²) in [5.74, 6) is 1.19. The first kappa shape index (κ1) is 17.2. The van der Waals surface area contributed by atoms with Crippen LogP contribution in [0.15, 0.2) is 42.7 Å². The molecule has 0 amide bonds. The van der Waals surface area contributed by atoms with Crippen LogP contribution in [-0.2, 0) is 20.1 Å². The van der Waals surface area contributed by atoms with Crippen LogP contribution in [0.25, 0.3) is 5.69 Å². The molecule has 0 bridgehead atoms. The maximum atomic E-state index is 5.52. The van der Waals surface area contributed by atoms with Crippen LogP contribution < -0.4 is 10.1 Å². The average molecular weight is 339 g/mol. The van der Waals surface area contributed by atoms with Gasteiger partial charge in [0.1, 0.15) is 0 Å². The molecule has 3 aromatic rings. The number of ether oxygens (including phenoxy) is 1. The monoisotopic (exact) mass is 339 g/mol. The highest BCUT2D eigenvalue weighted by Gasteiger charge is 2.18. The SMILES string of the molecule is COc1c(CNCc2ccc(-n3cccn3)cc2)c(C(C)C)nn1C. The van der Waals surface area contributed by atoms with Crippen LogP contribution >= 0.6 is 0 Å². The van der Waals surface area contributed by atoms with Crippen LogP contribution in [0.5, 0.6) is 5.88 Å². The average Bonchev–Trinajstić information content (AvgIpc) is 3.23. The number of methoxy groups -OCH3 is 1. The minimum Gasteiger partial charge on any atom is -0.481 e. The van der Waals surface area contributed by atoms with Crippen LogP contribution in [0, 0.1) is 0 Å². The zero-order valence-corrected chi connectivity index (χ0v) is 15.2. The Balaban J connectivity index is 1.65. The van der Waals surface area contributed by atoms with E-state index in [2.05, 4.69) is 53.6 Å². The quantitative estimate of drug-likeness (QED) is 0.719. The lowest BCUT2D eigenvalue weighted by atomic mass is 10.1. The van der Waals surface area contributed by atoms with Gasteiger partial charge in [-0.25, -0.2) is 9.36 Å². The summed E-state index contributed by atoms with van der Waals surface area (Å²) >= 11 is 0. The zero-order chi connectivity index (χ0) is 17.8. The smallest absolute Gasteiger partial charge is 0.216 e. The molecule has 0 saturated carbocycles. The second kappa shape index (κ2) is 7.53. The summed E-state index contributed by atoms with van der Waals surface area (Å²) in [6.45, 7) is 5.82. The molecule has 0 aliphatic carbocycles. The van der Waals surface area contributed by atoms with Crippen LogP contribution in [0.4, 0.5) is 0 Å². The third-order valence-electron chi connectivity index (χ3n) is 4.20. The van der Waals surface area contributed by atoms with Gasteiger partial charge in [0.05, 0.1) is 24.1 Å². The maximum absolute atomic E-state index is 5.52. The summed E-state index contributed by atoms with van der Waals surface area (Å²) in [5.41, 5.74) is 4.50. The zero-order valence-electron chi connectivity index (χ0n) is 15.2. The Morgan fingerprint density at radius 1 is 1.16 bits per heavy atom. The van der Waals surface area contributed by atoms with Crippen LogP contribution in [-0.4, -0.2) is 26.7 Å². The van der Waals surface area contributed by atoms with Crippen LogP contribution in [0.1, 0.15) is 36.6 Å². The molecule has 3 rings (SSSR count). The summed E-state index contributed by atoms with van der Waals surface area (Å²) in [6, 6.07) is 10.3. The summed E-state index contributed by atoms with van der Waals surface area (Å²) in [5, 5.41) is 12.3. The molecule has 0 unspecified atom stereocenters. The Labute approximate surface area is 148 Å². The highest BCUT2D eigenvalue weighted by atomic mass is 16.5. The largest absolute Gasteiger partial charge is 0.481 e. The second-order valence-corrected chi connectivity index (χ2v) is 6.37. The molecule has 0 radical (unpaired) electrons. The van der Waals surface area contributed by atoms with E-state index < -0.39 is 0 Å². The van der Waals surface area contributed by atoms with Crippen molar-refractivity contribution in [1.82, 2.24) is 24.9 Å². The minimum atomic E-state index is 0.361. The van der Waals surface area contributed by atoms with Gasteiger partial charge >= 0.3 is 0 Å². The number of aryl methyl sites for hydroxylation is 1. The Morgan fingerprint density at radius 3 is 2.52 bits per heavy atom. The molecule has 2 heterocycles. The van der Waals surface area contributed by atoms with E-state index in [0.717, 1.165) is 35.9 Å². The number of hydrogen-bond donors (Lipinski definition) is 1. The van der Waals surface area contributed by atoms with Gasteiger partial charge in [-0.1, -0.05) is 26.0 Å². The van der Waals surface area contributed by atoms with Crippen molar-refractivity contribution in [3.05, 3.63) is 59.5 Å². The van der Waals surface area contributed by atoms with E-state index in [1.807, 2.05) is 28.7 Å². The van der Waals surface area contributed by atoms with Crippen molar-refractivity contribution in [2.45, 2.75) is 32.9 Å². The lowest BCUT2D eigenvalue weighted by Gasteiger charge is -2.10. The number of benzene rings is 1. The van der Waals surface area contributed by atoms with E-state index in [1.165, 1.54) is 5.56 Å². The fourth-order valence-electron chi connectivity index (χ4n) is 2.98. The predicted molar refractivity (Wildman–Crippen MR) is 98.0 cm³/mol. The van der Waals surface area contributed by atoms with Crippen LogP contribution in [0.3, 0.4) is 0 Å². The predicted octanol–water partition coefficient (Wildman–Crippen LogP) is 3.03. The molecule has 0 fully saturated rings. The fraction of sp³-hybridized carbons (Fsp3) is 0.368. The van der Waals surface area contributed by atoms with Crippen molar-refractivity contribution in [3.8, 4) is 11.6 Å². The van der Waals surface area contributed by atoms with Crippen molar-refractivity contribution in [3.63, 3.8) is 0 Å². The Morgan fingerprint density at radius 2 is 1.92 bits per heavy atom. The molecule has 1 N–H and O–H groups in total.